The number of nitro groups is 1. The molecule has 0 unspecified atom stereocenters. The Morgan fingerprint density at radius 3 is 1.95 bits per heavy atom. The molecule has 37 heavy (non-hydrogen) atoms. The molecule has 5 aromatic rings. The molecule has 3 aromatic carbocycles. The number of benzene rings is 3. The van der Waals surface area contributed by atoms with Gasteiger partial charge >= 0.3 is 5.69 Å². The maximum Gasteiger partial charge on any atom is 0.341 e. The number of nitrogens with zero attached hydrogens (tertiary/aromatic N) is 4. The van der Waals surface area contributed by atoms with Crippen molar-refractivity contribution in [1.82, 2.24) is 13.7 Å². The molecule has 5 rings (SSSR count). The van der Waals surface area contributed by atoms with Crippen molar-refractivity contribution in [3.63, 3.8) is 0 Å². The Hall–Kier alpha value is -5.25. The number of nitrogens with one attached hydrogen (secondary N) is 1. The number of para-hydroxylation sites is 2. The molecular weight excluding hydrogens is 474 g/mol. The largest absolute Gasteiger partial charge is 0.354 e. The van der Waals surface area contributed by atoms with Gasteiger partial charge in [-0.3, -0.25) is 24.3 Å². The van der Waals surface area contributed by atoms with E-state index in [4.69, 9.17) is 0 Å². The number of non-ortho nitro benzene ring substituents is 1. The lowest BCUT2D eigenvalue weighted by Gasteiger charge is -2.19. The van der Waals surface area contributed by atoms with Crippen LogP contribution >= 0.6 is 0 Å². The van der Waals surface area contributed by atoms with Crippen molar-refractivity contribution in [1.29, 1.82) is 0 Å². The highest BCUT2D eigenvalue weighted by Crippen LogP contribution is 2.27. The molecule has 2 heterocycles. The average Bonchev–Trinajstić information content (AvgIpc) is 2.89. The van der Waals surface area contributed by atoms with E-state index in [2.05, 4.69) is 5.32 Å². The average molecular weight is 495 g/mol. The standard InChI is InChI=1S/C27H21N5O5/c1-17-15-20(32(36)37)13-14-21(17)28-22-16-23(33)29(2)25-24(22)26(34)31(19-11-7-4-8-12-19)27(35)30(25)18-9-5-3-6-10-18/h3-16,28H,1-2H3. The molecule has 1 N–H and O–H groups in total. The molecule has 0 radical (unpaired) electrons. The summed E-state index contributed by atoms with van der Waals surface area (Å²) in [5.74, 6) is 0. The molecule has 184 valence electrons. The normalized spacial score (nSPS) is 11.0. The van der Waals surface area contributed by atoms with Crippen molar-refractivity contribution in [3.05, 3.63) is 132 Å². The molecule has 2 aromatic heterocycles. The van der Waals surface area contributed by atoms with Crippen LogP contribution in [0.15, 0.2) is 99.3 Å². The summed E-state index contributed by atoms with van der Waals surface area (Å²) in [5, 5.41) is 14.4. The number of pyridine rings is 1. The summed E-state index contributed by atoms with van der Waals surface area (Å²) in [5.41, 5.74) is 0.376. The summed E-state index contributed by atoms with van der Waals surface area (Å²) in [6, 6.07) is 22.8. The minimum absolute atomic E-state index is 0.0822. The Balaban J connectivity index is 1.90. The van der Waals surface area contributed by atoms with Crippen LogP contribution in [-0.2, 0) is 7.05 Å². The Bertz CT molecular complexity index is 1860. The number of aromatic nitrogens is 3. The molecule has 0 bridgehead atoms. The van der Waals surface area contributed by atoms with Crippen LogP contribution in [0.4, 0.5) is 17.1 Å². The topological polar surface area (TPSA) is 121 Å². The molecule has 0 aliphatic carbocycles. The molecule has 0 aliphatic rings. The fourth-order valence-corrected chi connectivity index (χ4v) is 4.31. The van der Waals surface area contributed by atoms with Crippen molar-refractivity contribution in [2.75, 3.05) is 5.32 Å². The van der Waals surface area contributed by atoms with Gasteiger partial charge in [-0.15, -0.1) is 0 Å². The zero-order chi connectivity index (χ0) is 26.3. The Morgan fingerprint density at radius 1 is 0.784 bits per heavy atom. The van der Waals surface area contributed by atoms with Crippen LogP contribution in [0.1, 0.15) is 5.56 Å². The van der Waals surface area contributed by atoms with E-state index in [-0.39, 0.29) is 22.4 Å². The summed E-state index contributed by atoms with van der Waals surface area (Å²) in [4.78, 5) is 51.5. The summed E-state index contributed by atoms with van der Waals surface area (Å²) in [7, 11) is 1.50. The van der Waals surface area contributed by atoms with Crippen molar-refractivity contribution in [2.24, 2.45) is 7.05 Å². The molecular formula is C27H21N5O5. The van der Waals surface area contributed by atoms with Gasteiger partial charge < -0.3 is 5.32 Å². The minimum atomic E-state index is -0.631. The monoisotopic (exact) mass is 495 g/mol. The van der Waals surface area contributed by atoms with E-state index in [0.717, 1.165) is 4.57 Å². The third kappa shape index (κ3) is 4.00. The van der Waals surface area contributed by atoms with Gasteiger partial charge in [-0.1, -0.05) is 36.4 Å². The van der Waals surface area contributed by atoms with Gasteiger partial charge in [0.25, 0.3) is 16.8 Å². The smallest absolute Gasteiger partial charge is 0.341 e. The number of fused-ring (bicyclic) bond motifs is 1. The lowest BCUT2D eigenvalue weighted by molar-refractivity contribution is -0.384. The van der Waals surface area contributed by atoms with E-state index in [1.54, 1.807) is 67.6 Å². The third-order valence-electron chi connectivity index (χ3n) is 6.14. The maximum atomic E-state index is 13.9. The second-order valence-electron chi connectivity index (χ2n) is 8.46. The van der Waals surface area contributed by atoms with Crippen molar-refractivity contribution < 1.29 is 4.92 Å². The van der Waals surface area contributed by atoms with E-state index < -0.39 is 21.7 Å². The Labute approximate surface area is 209 Å². The highest BCUT2D eigenvalue weighted by Gasteiger charge is 2.22. The van der Waals surface area contributed by atoms with Gasteiger partial charge in [0.15, 0.2) is 0 Å². The molecule has 0 atom stereocenters. The number of rotatable bonds is 5. The van der Waals surface area contributed by atoms with Gasteiger partial charge in [-0.25, -0.2) is 13.9 Å². The zero-order valence-corrected chi connectivity index (χ0v) is 19.9. The minimum Gasteiger partial charge on any atom is -0.354 e. The van der Waals surface area contributed by atoms with E-state index in [0.29, 0.717) is 22.6 Å². The van der Waals surface area contributed by atoms with Gasteiger partial charge in [-0.2, -0.15) is 0 Å². The number of hydrogen-bond donors (Lipinski definition) is 1. The van der Waals surface area contributed by atoms with Gasteiger partial charge in [0, 0.05) is 30.9 Å². The highest BCUT2D eigenvalue weighted by molar-refractivity contribution is 5.92. The van der Waals surface area contributed by atoms with Crippen molar-refractivity contribution in [2.45, 2.75) is 6.92 Å². The summed E-state index contributed by atoms with van der Waals surface area (Å²) >= 11 is 0. The van der Waals surface area contributed by atoms with Gasteiger partial charge in [0.2, 0.25) is 0 Å². The van der Waals surface area contributed by atoms with Gasteiger partial charge in [0.1, 0.15) is 11.0 Å². The molecule has 0 aliphatic heterocycles. The highest BCUT2D eigenvalue weighted by atomic mass is 16.6. The van der Waals surface area contributed by atoms with Crippen LogP contribution in [0, 0.1) is 17.0 Å². The van der Waals surface area contributed by atoms with Crippen molar-refractivity contribution in [3.8, 4) is 11.4 Å². The van der Waals surface area contributed by atoms with Crippen LogP contribution in [-0.4, -0.2) is 18.6 Å². The predicted octanol–water partition coefficient (Wildman–Crippen LogP) is 3.80. The second-order valence-corrected chi connectivity index (χ2v) is 8.46. The zero-order valence-electron chi connectivity index (χ0n) is 19.9. The Morgan fingerprint density at radius 2 is 1.38 bits per heavy atom. The summed E-state index contributed by atoms with van der Waals surface area (Å²) in [6.07, 6.45) is 0. The molecule has 0 amide bonds. The van der Waals surface area contributed by atoms with Gasteiger partial charge in [0.05, 0.1) is 22.0 Å². The molecule has 0 spiro atoms. The fourth-order valence-electron chi connectivity index (χ4n) is 4.31. The van der Waals surface area contributed by atoms with E-state index in [1.165, 1.54) is 40.4 Å². The number of aryl methyl sites for hydroxylation is 2. The van der Waals surface area contributed by atoms with Crippen LogP contribution < -0.4 is 22.1 Å². The van der Waals surface area contributed by atoms with Crippen LogP contribution in [0.5, 0.6) is 0 Å². The first-order chi connectivity index (χ1) is 17.8. The lowest BCUT2D eigenvalue weighted by atomic mass is 10.1. The number of hydrogen-bond acceptors (Lipinski definition) is 6. The predicted molar refractivity (Wildman–Crippen MR) is 141 cm³/mol. The first-order valence-electron chi connectivity index (χ1n) is 11.3. The molecule has 0 fully saturated rings. The quantitative estimate of drug-likeness (QED) is 0.292. The van der Waals surface area contributed by atoms with Crippen LogP contribution in [0.3, 0.4) is 0 Å². The third-order valence-corrected chi connectivity index (χ3v) is 6.14. The summed E-state index contributed by atoms with van der Waals surface area (Å²) < 4.78 is 3.65. The van der Waals surface area contributed by atoms with Crippen LogP contribution in [0.2, 0.25) is 0 Å². The van der Waals surface area contributed by atoms with Crippen molar-refractivity contribution >= 4 is 28.1 Å². The van der Waals surface area contributed by atoms with E-state index in [1.807, 2.05) is 0 Å². The van der Waals surface area contributed by atoms with E-state index in [9.17, 15) is 24.5 Å². The Kier molecular flexibility index (Phi) is 5.76. The fraction of sp³-hybridized carbons (Fsp3) is 0.0741. The lowest BCUT2D eigenvalue weighted by Crippen LogP contribution is -2.40. The summed E-state index contributed by atoms with van der Waals surface area (Å²) in [6.45, 7) is 1.68. The van der Waals surface area contributed by atoms with Crippen LogP contribution in [0.25, 0.3) is 22.4 Å². The maximum absolute atomic E-state index is 13.9. The molecule has 0 saturated heterocycles. The SMILES string of the molecule is Cc1cc([N+](=O)[O-])ccc1Nc1cc(=O)n(C)c2c1c(=O)n(-c1ccccc1)c(=O)n2-c1ccccc1. The van der Waals surface area contributed by atoms with E-state index >= 15 is 0 Å². The molecule has 0 saturated carbocycles. The van der Waals surface area contributed by atoms with Gasteiger partial charge in [-0.05, 0) is 42.8 Å². The number of nitro benzene ring substituents is 1. The first-order valence-corrected chi connectivity index (χ1v) is 11.3. The first kappa shape index (κ1) is 23.5. The molecule has 10 nitrogen and oxygen atoms in total. The second kappa shape index (κ2) is 9.08. The molecule has 10 heteroatoms. The number of anilines is 2.